The van der Waals surface area contributed by atoms with E-state index in [0.29, 0.717) is 32.8 Å². The van der Waals surface area contributed by atoms with E-state index in [2.05, 4.69) is 0 Å². The monoisotopic (exact) mass is 429 g/mol. The maximum Gasteiger partial charge on any atom is 0.308 e. The van der Waals surface area contributed by atoms with Gasteiger partial charge in [-0.2, -0.15) is 0 Å². The van der Waals surface area contributed by atoms with Gasteiger partial charge in [-0.1, -0.05) is 54.3 Å². The molecule has 0 bridgehead atoms. The lowest BCUT2D eigenvalue weighted by molar-refractivity contribution is -0.132. The fraction of sp³-hybridized carbons (Fsp3) is 0.190. The molecule has 0 atom stereocenters. The Morgan fingerprint density at radius 3 is 2.31 bits per heavy atom. The van der Waals surface area contributed by atoms with Crippen molar-refractivity contribution in [3.63, 3.8) is 0 Å². The third-order valence-electron chi connectivity index (χ3n) is 4.08. The van der Waals surface area contributed by atoms with Crippen LogP contribution in [0.3, 0.4) is 0 Å². The van der Waals surface area contributed by atoms with Crippen molar-refractivity contribution in [2.75, 3.05) is 14.2 Å². The maximum absolute atomic E-state index is 12.9. The van der Waals surface area contributed by atoms with Crippen molar-refractivity contribution in [1.82, 2.24) is 4.90 Å². The van der Waals surface area contributed by atoms with Crippen molar-refractivity contribution in [1.29, 1.82) is 0 Å². The highest BCUT2D eigenvalue weighted by atomic mass is 32.2. The summed E-state index contributed by atoms with van der Waals surface area (Å²) in [5.41, 5.74) is 1.66. The average molecular weight is 430 g/mol. The summed E-state index contributed by atoms with van der Waals surface area (Å²) in [7, 11) is 2.93. The minimum Gasteiger partial charge on any atom is -0.493 e. The van der Waals surface area contributed by atoms with Gasteiger partial charge in [0.2, 0.25) is 5.75 Å². The van der Waals surface area contributed by atoms with E-state index in [0.717, 1.165) is 5.56 Å². The fourth-order valence-electron chi connectivity index (χ4n) is 2.78. The third-order valence-corrected chi connectivity index (χ3v) is 5.46. The lowest BCUT2D eigenvalue weighted by atomic mass is 10.1. The SMILES string of the molecule is COc1cc(/C=C2/SC(=S)N(Cc3ccccc3)C2=O)cc(OC)c1OC(C)=O. The van der Waals surface area contributed by atoms with E-state index in [4.69, 9.17) is 26.4 Å². The molecule has 8 heteroatoms. The minimum absolute atomic E-state index is 0.161. The molecule has 0 aromatic heterocycles. The first kappa shape index (κ1) is 20.9. The number of amides is 1. The highest BCUT2D eigenvalue weighted by Crippen LogP contribution is 2.41. The summed E-state index contributed by atoms with van der Waals surface area (Å²) in [5, 5.41) is 0. The van der Waals surface area contributed by atoms with Crippen LogP contribution in [-0.2, 0) is 16.1 Å². The smallest absolute Gasteiger partial charge is 0.308 e. The van der Waals surface area contributed by atoms with Gasteiger partial charge in [-0.05, 0) is 29.3 Å². The zero-order valence-electron chi connectivity index (χ0n) is 16.1. The van der Waals surface area contributed by atoms with Gasteiger partial charge in [0.1, 0.15) is 4.32 Å². The zero-order chi connectivity index (χ0) is 21.0. The van der Waals surface area contributed by atoms with Crippen molar-refractivity contribution in [3.8, 4) is 17.2 Å². The third kappa shape index (κ3) is 4.78. The van der Waals surface area contributed by atoms with Gasteiger partial charge < -0.3 is 14.2 Å². The summed E-state index contributed by atoms with van der Waals surface area (Å²) in [6.45, 7) is 1.71. The van der Waals surface area contributed by atoms with Crippen LogP contribution in [0.1, 0.15) is 18.1 Å². The highest BCUT2D eigenvalue weighted by Gasteiger charge is 2.32. The van der Waals surface area contributed by atoms with Crippen LogP contribution in [-0.4, -0.2) is 35.3 Å². The first-order chi connectivity index (χ1) is 13.9. The van der Waals surface area contributed by atoms with Gasteiger partial charge in [0, 0.05) is 6.92 Å². The number of methoxy groups -OCH3 is 2. The van der Waals surface area contributed by atoms with E-state index in [1.54, 1.807) is 23.1 Å². The molecule has 0 spiro atoms. The molecule has 1 aliphatic rings. The lowest BCUT2D eigenvalue weighted by Gasteiger charge is -2.14. The molecule has 150 valence electrons. The molecular weight excluding hydrogens is 410 g/mol. The standard InChI is InChI=1S/C21H19NO5S2/c1-13(23)27-19-16(25-2)9-15(10-17(19)26-3)11-18-20(24)22(21(28)29-18)12-14-7-5-4-6-8-14/h4-11H,12H2,1-3H3/b18-11+. The van der Waals surface area contributed by atoms with Gasteiger partial charge in [0.05, 0.1) is 25.7 Å². The Morgan fingerprint density at radius 2 is 1.76 bits per heavy atom. The molecule has 6 nitrogen and oxygen atoms in total. The Balaban J connectivity index is 1.90. The van der Waals surface area contributed by atoms with Crippen molar-refractivity contribution in [3.05, 3.63) is 58.5 Å². The first-order valence-corrected chi connectivity index (χ1v) is 9.89. The number of carbonyl (C=O) groups excluding carboxylic acids is 2. The normalized spacial score (nSPS) is 15.0. The van der Waals surface area contributed by atoms with Crippen LogP contribution < -0.4 is 14.2 Å². The number of carbonyl (C=O) groups is 2. The molecule has 0 aliphatic carbocycles. The van der Waals surface area contributed by atoms with Gasteiger partial charge in [-0.15, -0.1) is 0 Å². The van der Waals surface area contributed by atoms with E-state index >= 15 is 0 Å². The van der Waals surface area contributed by atoms with E-state index in [1.807, 2.05) is 30.3 Å². The number of hydrogen-bond acceptors (Lipinski definition) is 7. The van der Waals surface area contributed by atoms with Crippen LogP contribution in [0.5, 0.6) is 17.2 Å². The van der Waals surface area contributed by atoms with Crippen LogP contribution in [0.4, 0.5) is 0 Å². The number of benzene rings is 2. The van der Waals surface area contributed by atoms with Crippen molar-refractivity contribution < 1.29 is 23.8 Å². The van der Waals surface area contributed by atoms with Gasteiger partial charge in [-0.3, -0.25) is 14.5 Å². The second-order valence-electron chi connectivity index (χ2n) is 6.10. The predicted octanol–water partition coefficient (Wildman–Crippen LogP) is 4.03. The lowest BCUT2D eigenvalue weighted by Crippen LogP contribution is -2.27. The van der Waals surface area contributed by atoms with Crippen LogP contribution in [0, 0.1) is 0 Å². The van der Waals surface area contributed by atoms with E-state index in [9.17, 15) is 9.59 Å². The van der Waals surface area contributed by atoms with E-state index in [-0.39, 0.29) is 11.7 Å². The molecular formula is C21H19NO5S2. The van der Waals surface area contributed by atoms with E-state index in [1.165, 1.54) is 32.9 Å². The largest absolute Gasteiger partial charge is 0.493 e. The Labute approximate surface area is 178 Å². The van der Waals surface area contributed by atoms with Crippen LogP contribution >= 0.6 is 24.0 Å². The summed E-state index contributed by atoms with van der Waals surface area (Å²) in [4.78, 5) is 26.3. The summed E-state index contributed by atoms with van der Waals surface area (Å²) in [5.74, 6) is 0.189. The molecule has 0 radical (unpaired) electrons. The molecule has 3 rings (SSSR count). The van der Waals surface area contributed by atoms with E-state index < -0.39 is 5.97 Å². The van der Waals surface area contributed by atoms with Gasteiger partial charge >= 0.3 is 5.97 Å². The Kier molecular flexibility index (Phi) is 6.56. The van der Waals surface area contributed by atoms with Crippen LogP contribution in [0.2, 0.25) is 0 Å². The van der Waals surface area contributed by atoms with Crippen molar-refractivity contribution in [2.45, 2.75) is 13.5 Å². The molecule has 1 amide bonds. The highest BCUT2D eigenvalue weighted by molar-refractivity contribution is 8.26. The number of nitrogens with zero attached hydrogens (tertiary/aromatic N) is 1. The quantitative estimate of drug-likeness (QED) is 0.297. The molecule has 0 N–H and O–H groups in total. The minimum atomic E-state index is -0.490. The van der Waals surface area contributed by atoms with Crippen molar-refractivity contribution in [2.24, 2.45) is 0 Å². The maximum atomic E-state index is 12.9. The predicted molar refractivity (Wildman–Crippen MR) is 116 cm³/mol. The average Bonchev–Trinajstić information content (AvgIpc) is 2.96. The molecule has 1 fully saturated rings. The summed E-state index contributed by atoms with van der Waals surface area (Å²) >= 11 is 6.64. The number of rotatable bonds is 6. The number of ether oxygens (including phenoxy) is 3. The molecule has 0 unspecified atom stereocenters. The molecule has 1 heterocycles. The number of thiocarbonyl (C=S) groups is 1. The Hall–Kier alpha value is -2.84. The number of thioether (sulfide) groups is 1. The Morgan fingerprint density at radius 1 is 1.14 bits per heavy atom. The number of esters is 1. The molecule has 1 aliphatic heterocycles. The molecule has 2 aromatic carbocycles. The summed E-state index contributed by atoms with van der Waals surface area (Å²) in [6, 6.07) is 13.0. The summed E-state index contributed by atoms with van der Waals surface area (Å²) in [6.07, 6.45) is 1.72. The van der Waals surface area contributed by atoms with Crippen LogP contribution in [0.15, 0.2) is 47.4 Å². The zero-order valence-corrected chi connectivity index (χ0v) is 17.8. The topological polar surface area (TPSA) is 65.1 Å². The molecule has 0 saturated carbocycles. The first-order valence-electron chi connectivity index (χ1n) is 8.66. The second kappa shape index (κ2) is 9.11. The van der Waals surface area contributed by atoms with Gasteiger partial charge in [0.15, 0.2) is 11.5 Å². The summed E-state index contributed by atoms with van der Waals surface area (Å²) < 4.78 is 16.3. The van der Waals surface area contributed by atoms with Gasteiger partial charge in [0.25, 0.3) is 5.91 Å². The number of hydrogen-bond donors (Lipinski definition) is 0. The van der Waals surface area contributed by atoms with Gasteiger partial charge in [-0.25, -0.2) is 0 Å². The molecule has 1 saturated heterocycles. The Bertz CT molecular complexity index is 963. The van der Waals surface area contributed by atoms with Crippen LogP contribution in [0.25, 0.3) is 6.08 Å². The van der Waals surface area contributed by atoms with Crippen molar-refractivity contribution >= 4 is 46.3 Å². The second-order valence-corrected chi connectivity index (χ2v) is 7.78. The molecule has 2 aromatic rings. The fourth-order valence-corrected chi connectivity index (χ4v) is 4.04. The molecule has 29 heavy (non-hydrogen) atoms.